The first-order valence-electron chi connectivity index (χ1n) is 4.20. The Morgan fingerprint density at radius 2 is 2.33 bits per heavy atom. The molecule has 1 saturated carbocycles. The fraction of sp³-hybridized carbons (Fsp3) is 0.556. The fourth-order valence-electron chi connectivity index (χ4n) is 1.29. The van der Waals surface area contributed by atoms with Crippen LogP contribution < -0.4 is 5.73 Å². The smallest absolute Gasteiger partial charge is 0.196 e. The van der Waals surface area contributed by atoms with Gasteiger partial charge in [-0.3, -0.25) is 0 Å². The standard InChI is InChI=1S/C9H12ClNO/c10-8-7(2-6-12-8)1-3-9(11)4-5-9/h2,6H,1,3-5,11H2. The van der Waals surface area contributed by atoms with Crippen LogP contribution >= 0.6 is 11.6 Å². The van der Waals surface area contributed by atoms with E-state index in [0.29, 0.717) is 5.22 Å². The maximum atomic E-state index is 5.94. The van der Waals surface area contributed by atoms with Crippen molar-refractivity contribution in [1.29, 1.82) is 0 Å². The minimum Gasteiger partial charge on any atom is -0.453 e. The Hall–Kier alpha value is -0.470. The summed E-state index contributed by atoms with van der Waals surface area (Å²) in [5, 5.41) is 0.513. The molecule has 0 atom stereocenters. The highest BCUT2D eigenvalue weighted by atomic mass is 35.5. The predicted octanol–water partition coefficient (Wildman–Crippen LogP) is 2.36. The van der Waals surface area contributed by atoms with E-state index in [1.165, 1.54) is 0 Å². The van der Waals surface area contributed by atoms with Gasteiger partial charge in [0.05, 0.1) is 6.26 Å². The first-order valence-corrected chi connectivity index (χ1v) is 4.58. The van der Waals surface area contributed by atoms with E-state index >= 15 is 0 Å². The van der Waals surface area contributed by atoms with Gasteiger partial charge in [0.25, 0.3) is 0 Å². The lowest BCUT2D eigenvalue weighted by molar-refractivity contribution is 0.559. The molecule has 0 aliphatic heterocycles. The third-order valence-electron chi connectivity index (χ3n) is 2.48. The number of halogens is 1. The largest absolute Gasteiger partial charge is 0.453 e. The van der Waals surface area contributed by atoms with E-state index in [1.807, 2.05) is 6.07 Å². The lowest BCUT2D eigenvalue weighted by Gasteiger charge is -2.05. The van der Waals surface area contributed by atoms with Gasteiger partial charge in [0, 0.05) is 11.1 Å². The molecule has 1 aliphatic rings. The number of hydrogen-bond donors (Lipinski definition) is 1. The van der Waals surface area contributed by atoms with Crippen molar-refractivity contribution >= 4 is 11.6 Å². The van der Waals surface area contributed by atoms with Crippen LogP contribution in [0.3, 0.4) is 0 Å². The maximum absolute atomic E-state index is 5.94. The fourth-order valence-corrected chi connectivity index (χ4v) is 1.50. The monoisotopic (exact) mass is 185 g/mol. The molecule has 1 fully saturated rings. The highest BCUT2D eigenvalue weighted by Crippen LogP contribution is 2.37. The van der Waals surface area contributed by atoms with E-state index in [0.717, 1.165) is 31.2 Å². The highest BCUT2D eigenvalue weighted by molar-refractivity contribution is 6.29. The molecule has 1 aromatic rings. The lowest BCUT2D eigenvalue weighted by Crippen LogP contribution is -2.21. The SMILES string of the molecule is NC1(CCc2ccoc2Cl)CC1. The van der Waals surface area contributed by atoms with E-state index in [9.17, 15) is 0 Å². The third kappa shape index (κ3) is 1.65. The van der Waals surface area contributed by atoms with Crippen LogP contribution in [0.2, 0.25) is 5.22 Å². The molecule has 0 bridgehead atoms. The lowest BCUT2D eigenvalue weighted by atomic mass is 10.1. The van der Waals surface area contributed by atoms with Crippen molar-refractivity contribution in [2.45, 2.75) is 31.2 Å². The Morgan fingerprint density at radius 1 is 1.58 bits per heavy atom. The Morgan fingerprint density at radius 3 is 2.83 bits per heavy atom. The summed E-state index contributed by atoms with van der Waals surface area (Å²) in [5.74, 6) is 0. The Labute approximate surface area is 76.7 Å². The van der Waals surface area contributed by atoms with Crippen LogP contribution in [0.4, 0.5) is 0 Å². The van der Waals surface area contributed by atoms with Gasteiger partial charge < -0.3 is 10.2 Å². The van der Waals surface area contributed by atoms with E-state index in [2.05, 4.69) is 0 Å². The molecular formula is C9H12ClNO. The van der Waals surface area contributed by atoms with Gasteiger partial charge in [-0.05, 0) is 43.4 Å². The Kier molecular flexibility index (Phi) is 1.89. The normalized spacial score (nSPS) is 19.5. The Bertz CT molecular complexity index is 278. The van der Waals surface area contributed by atoms with Gasteiger partial charge >= 0.3 is 0 Å². The average molecular weight is 186 g/mol. The van der Waals surface area contributed by atoms with E-state index in [-0.39, 0.29) is 5.54 Å². The molecule has 1 heterocycles. The average Bonchev–Trinajstić information content (AvgIpc) is 2.61. The molecule has 12 heavy (non-hydrogen) atoms. The summed E-state index contributed by atoms with van der Waals surface area (Å²) in [6.07, 6.45) is 5.89. The molecule has 1 aliphatic carbocycles. The molecule has 0 saturated heterocycles. The van der Waals surface area contributed by atoms with Crippen LogP contribution in [0.15, 0.2) is 16.7 Å². The zero-order chi connectivity index (χ0) is 8.60. The van der Waals surface area contributed by atoms with Crippen molar-refractivity contribution in [3.8, 4) is 0 Å². The summed E-state index contributed by atoms with van der Waals surface area (Å²) in [4.78, 5) is 0. The molecule has 2 N–H and O–H groups in total. The van der Waals surface area contributed by atoms with E-state index in [4.69, 9.17) is 21.8 Å². The second-order valence-corrected chi connectivity index (χ2v) is 3.93. The zero-order valence-electron chi connectivity index (χ0n) is 6.85. The molecule has 1 aromatic heterocycles. The van der Waals surface area contributed by atoms with Crippen LogP contribution in [0.1, 0.15) is 24.8 Å². The number of hydrogen-bond acceptors (Lipinski definition) is 2. The van der Waals surface area contributed by atoms with Gasteiger partial charge in [0.15, 0.2) is 5.22 Å². The van der Waals surface area contributed by atoms with Crippen LogP contribution in [-0.4, -0.2) is 5.54 Å². The number of nitrogens with two attached hydrogens (primary N) is 1. The van der Waals surface area contributed by atoms with Crippen molar-refractivity contribution in [3.63, 3.8) is 0 Å². The summed E-state index contributed by atoms with van der Waals surface area (Å²) in [6.45, 7) is 0. The quantitative estimate of drug-likeness (QED) is 0.785. The molecule has 66 valence electrons. The van der Waals surface area contributed by atoms with Gasteiger partial charge in [-0.15, -0.1) is 0 Å². The number of aryl methyl sites for hydroxylation is 1. The minimum absolute atomic E-state index is 0.112. The van der Waals surface area contributed by atoms with E-state index < -0.39 is 0 Å². The molecule has 0 radical (unpaired) electrons. The van der Waals surface area contributed by atoms with Gasteiger partial charge in [-0.25, -0.2) is 0 Å². The minimum atomic E-state index is 0.112. The molecule has 0 amide bonds. The molecule has 3 heteroatoms. The van der Waals surface area contributed by atoms with Crippen molar-refractivity contribution in [3.05, 3.63) is 23.1 Å². The van der Waals surface area contributed by atoms with Crippen LogP contribution in [0.5, 0.6) is 0 Å². The molecule has 0 aromatic carbocycles. The van der Waals surface area contributed by atoms with E-state index in [1.54, 1.807) is 6.26 Å². The van der Waals surface area contributed by atoms with Gasteiger partial charge in [-0.1, -0.05) is 0 Å². The second kappa shape index (κ2) is 2.79. The predicted molar refractivity (Wildman–Crippen MR) is 48.2 cm³/mol. The zero-order valence-corrected chi connectivity index (χ0v) is 7.60. The first kappa shape index (κ1) is 8.14. The summed E-state index contributed by atoms with van der Waals surface area (Å²) >= 11 is 5.78. The maximum Gasteiger partial charge on any atom is 0.196 e. The summed E-state index contributed by atoms with van der Waals surface area (Å²) in [7, 11) is 0. The summed E-state index contributed by atoms with van der Waals surface area (Å²) in [6, 6.07) is 1.91. The Balaban J connectivity index is 1.91. The number of rotatable bonds is 3. The van der Waals surface area contributed by atoms with Crippen molar-refractivity contribution in [2.24, 2.45) is 5.73 Å². The molecular weight excluding hydrogens is 174 g/mol. The van der Waals surface area contributed by atoms with Crippen LogP contribution in [0.25, 0.3) is 0 Å². The summed E-state index contributed by atoms with van der Waals surface area (Å²) < 4.78 is 4.97. The highest BCUT2D eigenvalue weighted by Gasteiger charge is 2.37. The van der Waals surface area contributed by atoms with Crippen molar-refractivity contribution in [1.82, 2.24) is 0 Å². The van der Waals surface area contributed by atoms with Gasteiger partial charge in [-0.2, -0.15) is 0 Å². The molecule has 2 nitrogen and oxygen atoms in total. The number of furan rings is 1. The topological polar surface area (TPSA) is 39.2 Å². The van der Waals surface area contributed by atoms with Crippen molar-refractivity contribution < 1.29 is 4.42 Å². The van der Waals surface area contributed by atoms with Gasteiger partial charge in [0.1, 0.15) is 0 Å². The second-order valence-electron chi connectivity index (χ2n) is 3.58. The summed E-state index contributed by atoms with van der Waals surface area (Å²) in [5.41, 5.74) is 7.13. The van der Waals surface area contributed by atoms with Crippen molar-refractivity contribution in [2.75, 3.05) is 0 Å². The van der Waals surface area contributed by atoms with Crippen LogP contribution in [0, 0.1) is 0 Å². The van der Waals surface area contributed by atoms with Crippen LogP contribution in [-0.2, 0) is 6.42 Å². The molecule has 0 spiro atoms. The van der Waals surface area contributed by atoms with Gasteiger partial charge in [0.2, 0.25) is 0 Å². The first-order chi connectivity index (χ1) is 5.70. The molecule has 2 rings (SSSR count). The molecule has 0 unspecified atom stereocenters. The third-order valence-corrected chi connectivity index (χ3v) is 2.81.